The summed E-state index contributed by atoms with van der Waals surface area (Å²) in [5.74, 6) is -3.09. The number of nitrogens with one attached hydrogen (secondary N) is 2. The van der Waals surface area contributed by atoms with Crippen molar-refractivity contribution < 1.29 is 38.6 Å². The molecule has 0 heterocycles. The lowest BCUT2D eigenvalue weighted by Crippen LogP contribution is -2.45. The Morgan fingerprint density at radius 3 is 1.70 bits per heavy atom. The quantitative estimate of drug-likeness (QED) is 0.184. The van der Waals surface area contributed by atoms with Crippen LogP contribution in [-0.4, -0.2) is 81.5 Å². The predicted molar refractivity (Wildman–Crippen MR) is 150 cm³/mol. The normalized spacial score (nSPS) is 12.4. The third-order valence-electron chi connectivity index (χ3n) is 5.38. The van der Waals surface area contributed by atoms with Gasteiger partial charge in [-0.15, -0.1) is 0 Å². The Labute approximate surface area is 237 Å². The average Bonchev–Trinajstić information content (AvgIpc) is 2.89. The summed E-state index contributed by atoms with van der Waals surface area (Å²) in [6.07, 6.45) is -0.967. The topological polar surface area (TPSA) is 148 Å². The summed E-state index contributed by atoms with van der Waals surface area (Å²) in [6.45, 7) is 3.80. The van der Waals surface area contributed by atoms with Gasteiger partial charge in [0.2, 0.25) is 15.7 Å². The number of carbonyl (C=O) groups is 5. The van der Waals surface area contributed by atoms with Crippen LogP contribution >= 0.6 is 0 Å². The fraction of sp³-hybridized carbons (Fsp3) is 0.393. The van der Waals surface area contributed by atoms with Crippen LogP contribution in [0.15, 0.2) is 60.7 Å². The third-order valence-corrected chi connectivity index (χ3v) is 5.38. The van der Waals surface area contributed by atoms with E-state index in [-0.39, 0.29) is 32.5 Å². The van der Waals surface area contributed by atoms with Gasteiger partial charge in [-0.05, 0) is 37.8 Å². The molecule has 12 heteroatoms. The first-order chi connectivity index (χ1) is 19.0. The van der Waals surface area contributed by atoms with Crippen molar-refractivity contribution in [2.45, 2.75) is 57.7 Å². The fourth-order valence-corrected chi connectivity index (χ4v) is 3.61. The van der Waals surface area contributed by atoms with E-state index in [9.17, 15) is 29.1 Å². The van der Waals surface area contributed by atoms with Gasteiger partial charge in [0.15, 0.2) is 17.4 Å². The van der Waals surface area contributed by atoms with E-state index in [1.165, 1.54) is 0 Å². The number of benzene rings is 2. The molecule has 0 aromatic heterocycles. The molecule has 0 aliphatic carbocycles. The van der Waals surface area contributed by atoms with Crippen LogP contribution in [0.2, 0.25) is 0 Å². The van der Waals surface area contributed by atoms with Crippen molar-refractivity contribution in [3.05, 3.63) is 71.8 Å². The number of hydrogen-bond donors (Lipinski definition) is 3. The van der Waals surface area contributed by atoms with E-state index in [4.69, 9.17) is 25.2 Å². The molecule has 3 N–H and O–H groups in total. The maximum Gasteiger partial charge on any atom is 0.313 e. The molecule has 40 heavy (non-hydrogen) atoms. The summed E-state index contributed by atoms with van der Waals surface area (Å²) in [4.78, 5) is 56.6. The third kappa shape index (κ3) is 14.9. The molecule has 0 saturated carbocycles. The fourth-order valence-electron chi connectivity index (χ4n) is 3.61. The van der Waals surface area contributed by atoms with Crippen molar-refractivity contribution in [1.29, 1.82) is 0 Å². The summed E-state index contributed by atoms with van der Waals surface area (Å²) in [5.41, 5.74) is 1.79. The molecule has 2 rings (SSSR count). The minimum atomic E-state index is -1.05. The van der Waals surface area contributed by atoms with E-state index in [1.54, 1.807) is 13.8 Å². The molecule has 2 aromatic carbocycles. The van der Waals surface area contributed by atoms with Gasteiger partial charge in [-0.2, -0.15) is 0 Å². The molecular formula is C28H34B2N2O8. The van der Waals surface area contributed by atoms with E-state index in [2.05, 4.69) is 10.6 Å². The number of hydrogen-bond acceptors (Lipinski definition) is 8. The lowest BCUT2D eigenvalue weighted by Gasteiger charge is -2.23. The van der Waals surface area contributed by atoms with Gasteiger partial charge in [0, 0.05) is 0 Å². The van der Waals surface area contributed by atoms with Gasteiger partial charge in [0.05, 0.1) is 37.8 Å². The Bertz CT molecular complexity index is 1090. The number of ether oxygens (including phenoxy) is 2. The molecule has 0 saturated heterocycles. The molecule has 0 aliphatic heterocycles. The predicted octanol–water partition coefficient (Wildman–Crippen LogP) is 1.79. The molecule has 0 fully saturated rings. The number of aliphatic hydroxyl groups excluding tert-OH is 1. The van der Waals surface area contributed by atoms with Crippen molar-refractivity contribution in [2.75, 3.05) is 13.2 Å². The Morgan fingerprint density at radius 1 is 0.750 bits per heavy atom. The van der Waals surface area contributed by atoms with E-state index in [0.717, 1.165) is 11.1 Å². The summed E-state index contributed by atoms with van der Waals surface area (Å²) in [7, 11) is 10.2. The highest BCUT2D eigenvalue weighted by molar-refractivity contribution is 6.57. The lowest BCUT2D eigenvalue weighted by atomic mass is 9.97. The van der Waals surface area contributed by atoms with Crippen molar-refractivity contribution in [3.63, 3.8) is 0 Å². The molecule has 10 nitrogen and oxygen atoms in total. The molecule has 2 aromatic rings. The molecule has 3 atom stereocenters. The van der Waals surface area contributed by atoms with Gasteiger partial charge in [-0.3, -0.25) is 24.0 Å². The highest BCUT2D eigenvalue weighted by Gasteiger charge is 2.24. The highest BCUT2D eigenvalue weighted by atomic mass is 16.5. The standard InChI is InChI=1S/C14H18BNO4.C14H16BNO4/c2*1-2-20-13(18)9-12(17)11(16-14(15)19)8-10-6-4-3-5-7-10/h3-7,11-12,17H,2,8-9H2,1H3,(H,16,19);3-7,11H,2,8-9H2,1H3,(H,16,19)/t11-,12+;11-/m00/s1. The summed E-state index contributed by atoms with van der Waals surface area (Å²) in [6, 6.07) is 17.0. The zero-order valence-corrected chi connectivity index (χ0v) is 22.7. The number of Topliss-reactive ketones (excluding diaryl/α,β-unsaturated/α-hetero) is 1. The van der Waals surface area contributed by atoms with Crippen molar-refractivity contribution in [2.24, 2.45) is 0 Å². The first kappa shape index (κ1) is 34.1. The van der Waals surface area contributed by atoms with Crippen molar-refractivity contribution in [1.82, 2.24) is 10.6 Å². The average molecular weight is 548 g/mol. The molecule has 2 amide bonds. The Morgan fingerprint density at radius 2 is 1.23 bits per heavy atom. The van der Waals surface area contributed by atoms with Gasteiger partial charge < -0.3 is 25.2 Å². The molecule has 0 bridgehead atoms. The van der Waals surface area contributed by atoms with Gasteiger partial charge in [0.25, 0.3) is 0 Å². The number of esters is 2. The first-order valence-corrected chi connectivity index (χ1v) is 12.8. The monoisotopic (exact) mass is 548 g/mol. The van der Waals surface area contributed by atoms with Crippen molar-refractivity contribution in [3.8, 4) is 0 Å². The first-order valence-electron chi connectivity index (χ1n) is 12.8. The number of rotatable bonds is 14. The highest BCUT2D eigenvalue weighted by Crippen LogP contribution is 2.10. The minimum Gasteiger partial charge on any atom is -0.466 e. The Hall–Kier alpha value is -3.92. The molecule has 4 radical (unpaired) electrons. The van der Waals surface area contributed by atoms with Crippen LogP contribution in [0.3, 0.4) is 0 Å². The Balaban J connectivity index is 0.000000400. The van der Waals surface area contributed by atoms with E-state index < -0.39 is 47.5 Å². The number of amides is 2. The van der Waals surface area contributed by atoms with E-state index in [0.29, 0.717) is 6.42 Å². The molecule has 0 unspecified atom stereocenters. The maximum atomic E-state index is 12.0. The van der Waals surface area contributed by atoms with E-state index >= 15 is 0 Å². The zero-order valence-electron chi connectivity index (χ0n) is 22.7. The minimum absolute atomic E-state index is 0.189. The van der Waals surface area contributed by atoms with Crippen molar-refractivity contribution >= 4 is 45.0 Å². The largest absolute Gasteiger partial charge is 0.466 e. The molecular weight excluding hydrogens is 514 g/mol. The Kier molecular flexibility index (Phi) is 16.4. The summed E-state index contributed by atoms with van der Waals surface area (Å²) in [5, 5.41) is 14.9. The number of aliphatic hydroxyl groups is 1. The second-order valence-corrected chi connectivity index (χ2v) is 8.58. The molecule has 210 valence electrons. The van der Waals surface area contributed by atoms with E-state index in [1.807, 2.05) is 60.7 Å². The van der Waals surface area contributed by atoms with Gasteiger partial charge >= 0.3 is 11.9 Å². The maximum absolute atomic E-state index is 12.0. The van der Waals surface area contributed by atoms with Gasteiger partial charge in [-0.1, -0.05) is 60.7 Å². The van der Waals surface area contributed by atoms with Gasteiger partial charge in [0.1, 0.15) is 6.42 Å². The van der Waals surface area contributed by atoms with Gasteiger partial charge in [-0.25, -0.2) is 0 Å². The SMILES string of the molecule is [B]C(=O)N[C@@H](Cc1ccccc1)C(=O)CC(=O)OCC.[B]C(=O)N[C@@H](Cc1ccccc1)[C@H](O)CC(=O)OCC. The van der Waals surface area contributed by atoms with Crippen LogP contribution in [-0.2, 0) is 36.7 Å². The summed E-state index contributed by atoms with van der Waals surface area (Å²) >= 11 is 0. The summed E-state index contributed by atoms with van der Waals surface area (Å²) < 4.78 is 9.49. The van der Waals surface area contributed by atoms with Crippen LogP contribution in [0.4, 0.5) is 9.59 Å². The van der Waals surface area contributed by atoms with Crippen LogP contribution in [0.25, 0.3) is 0 Å². The molecule has 0 aliphatic rings. The van der Waals surface area contributed by atoms with Crippen LogP contribution in [0.5, 0.6) is 0 Å². The smallest absolute Gasteiger partial charge is 0.313 e. The van der Waals surface area contributed by atoms with Crippen LogP contribution in [0.1, 0.15) is 37.8 Å². The molecule has 0 spiro atoms. The second kappa shape index (κ2) is 19.2. The van der Waals surface area contributed by atoms with Crippen LogP contribution in [0, 0.1) is 0 Å². The second-order valence-electron chi connectivity index (χ2n) is 8.58. The number of ketones is 1. The zero-order chi connectivity index (χ0) is 29.9. The number of carbonyl (C=O) groups excluding carboxylic acids is 5. The van der Waals surface area contributed by atoms with Crippen LogP contribution < -0.4 is 10.6 Å². The lowest BCUT2D eigenvalue weighted by molar-refractivity contribution is -0.147.